The second kappa shape index (κ2) is 8.82. The van der Waals surface area contributed by atoms with Gasteiger partial charge in [-0.1, -0.05) is 12.1 Å². The maximum atomic E-state index is 13.4. The third-order valence-electron chi connectivity index (χ3n) is 5.48. The molecular formula is C23H19F6N3O3. The summed E-state index contributed by atoms with van der Waals surface area (Å²) in [6.07, 6.45) is -10.0. The largest absolute Gasteiger partial charge is 0.454 e. The minimum absolute atomic E-state index is 0.00207. The summed E-state index contributed by atoms with van der Waals surface area (Å²) < 4.78 is 92.3. The molecule has 6 nitrogen and oxygen atoms in total. The van der Waals surface area contributed by atoms with Gasteiger partial charge in [0.1, 0.15) is 0 Å². The molecule has 1 aromatic heterocycles. The van der Waals surface area contributed by atoms with Crippen LogP contribution in [-0.4, -0.2) is 27.4 Å². The Morgan fingerprint density at radius 1 is 1.00 bits per heavy atom. The fraction of sp³-hybridized carbons (Fsp3) is 0.304. The lowest BCUT2D eigenvalue weighted by Gasteiger charge is -2.24. The third-order valence-corrected chi connectivity index (χ3v) is 5.48. The fourth-order valence-electron chi connectivity index (χ4n) is 3.68. The van der Waals surface area contributed by atoms with E-state index >= 15 is 0 Å². The molecule has 0 radical (unpaired) electrons. The number of hydrogen-bond acceptors (Lipinski definition) is 4. The van der Waals surface area contributed by atoms with Gasteiger partial charge < -0.3 is 14.4 Å². The number of fused-ring (bicyclic) bond motifs is 1. The molecule has 1 amide bonds. The SMILES string of the molecule is Cc1cc(C(=O)N(Cc2cc(C(F)(F)F)cc(C(F)(F)F)c2)Cc2cccc3c2OCO3)nn1C. The number of carbonyl (C=O) groups excluding carboxylic acids is 1. The molecule has 4 rings (SSSR count). The Kier molecular flexibility index (Phi) is 6.16. The van der Waals surface area contributed by atoms with Crippen LogP contribution in [0.25, 0.3) is 0 Å². The summed E-state index contributed by atoms with van der Waals surface area (Å²) in [6.45, 7) is 0.943. The van der Waals surface area contributed by atoms with Crippen molar-refractivity contribution in [2.75, 3.05) is 6.79 Å². The number of ether oxygens (including phenoxy) is 2. The number of hydrogen-bond donors (Lipinski definition) is 0. The van der Waals surface area contributed by atoms with Crippen molar-refractivity contribution >= 4 is 5.91 Å². The number of nitrogens with zero attached hydrogens (tertiary/aromatic N) is 3. The first kappa shape index (κ1) is 24.4. The van der Waals surface area contributed by atoms with E-state index in [1.807, 2.05) is 0 Å². The summed E-state index contributed by atoms with van der Waals surface area (Å²) >= 11 is 0. The molecule has 35 heavy (non-hydrogen) atoms. The summed E-state index contributed by atoms with van der Waals surface area (Å²) in [5.74, 6) is 0.0979. The quantitative estimate of drug-likeness (QED) is 0.445. The van der Waals surface area contributed by atoms with Crippen LogP contribution in [0.5, 0.6) is 11.5 Å². The third kappa shape index (κ3) is 5.20. The molecule has 186 valence electrons. The van der Waals surface area contributed by atoms with Gasteiger partial charge in [0.25, 0.3) is 5.91 Å². The topological polar surface area (TPSA) is 56.6 Å². The second-order valence-electron chi connectivity index (χ2n) is 8.02. The molecule has 0 atom stereocenters. The monoisotopic (exact) mass is 499 g/mol. The highest BCUT2D eigenvalue weighted by atomic mass is 19.4. The number of halogens is 6. The van der Waals surface area contributed by atoms with Crippen LogP contribution in [0.3, 0.4) is 0 Å². The van der Waals surface area contributed by atoms with E-state index in [-0.39, 0.29) is 30.7 Å². The maximum absolute atomic E-state index is 13.4. The second-order valence-corrected chi connectivity index (χ2v) is 8.02. The van der Waals surface area contributed by atoms with E-state index in [0.717, 1.165) is 4.90 Å². The van der Waals surface area contributed by atoms with E-state index in [0.29, 0.717) is 34.9 Å². The Bertz CT molecular complexity index is 1210. The Labute approximate surface area is 195 Å². The number of aryl methyl sites for hydroxylation is 2. The van der Waals surface area contributed by atoms with Crippen molar-refractivity contribution < 1.29 is 40.6 Å². The summed E-state index contributed by atoms with van der Waals surface area (Å²) in [5, 5.41) is 4.11. The lowest BCUT2D eigenvalue weighted by Crippen LogP contribution is -2.31. The van der Waals surface area contributed by atoms with Crippen LogP contribution in [0, 0.1) is 6.92 Å². The molecule has 0 N–H and O–H groups in total. The van der Waals surface area contributed by atoms with Crippen molar-refractivity contribution in [3.8, 4) is 11.5 Å². The number of carbonyl (C=O) groups is 1. The first-order chi connectivity index (χ1) is 16.3. The number of amides is 1. The molecule has 0 saturated heterocycles. The molecule has 12 heteroatoms. The standard InChI is InChI=1S/C23H19F6N3O3/c1-13-6-18(30-31(13)2)21(33)32(11-15-4-3-5-19-20(15)35-12-34-19)10-14-7-16(22(24,25)26)9-17(8-14)23(27,28)29/h3-9H,10-12H2,1-2H3. The number of aromatic nitrogens is 2. The van der Waals surface area contributed by atoms with Gasteiger partial charge in [-0.05, 0) is 42.8 Å². The molecule has 2 aromatic carbocycles. The summed E-state index contributed by atoms with van der Waals surface area (Å²) in [5.41, 5.74) is -2.13. The summed E-state index contributed by atoms with van der Waals surface area (Å²) in [4.78, 5) is 14.4. The molecule has 0 bridgehead atoms. The first-order valence-electron chi connectivity index (χ1n) is 10.3. The molecule has 2 heterocycles. The Hall–Kier alpha value is -3.70. The highest BCUT2D eigenvalue weighted by Crippen LogP contribution is 2.38. The van der Waals surface area contributed by atoms with Crippen LogP contribution in [0.15, 0.2) is 42.5 Å². The average Bonchev–Trinajstić information content (AvgIpc) is 3.38. The smallest absolute Gasteiger partial charge is 0.416 e. The summed E-state index contributed by atoms with van der Waals surface area (Å²) in [6, 6.07) is 7.66. The van der Waals surface area contributed by atoms with Gasteiger partial charge in [0.15, 0.2) is 17.2 Å². The minimum atomic E-state index is -5.01. The lowest BCUT2D eigenvalue weighted by atomic mass is 10.0. The predicted molar refractivity (Wildman–Crippen MR) is 111 cm³/mol. The Morgan fingerprint density at radius 2 is 1.66 bits per heavy atom. The van der Waals surface area contributed by atoms with Crippen LogP contribution < -0.4 is 9.47 Å². The fourth-order valence-corrected chi connectivity index (χ4v) is 3.68. The molecule has 3 aromatic rings. The molecule has 1 aliphatic heterocycles. The number of alkyl halides is 6. The highest BCUT2D eigenvalue weighted by molar-refractivity contribution is 5.92. The molecule has 0 spiro atoms. The number of rotatable bonds is 5. The van der Waals surface area contributed by atoms with Crippen molar-refractivity contribution in [2.24, 2.45) is 7.05 Å². The molecule has 0 saturated carbocycles. The minimum Gasteiger partial charge on any atom is -0.454 e. The van der Waals surface area contributed by atoms with Crippen LogP contribution >= 0.6 is 0 Å². The molecule has 0 fully saturated rings. The van der Waals surface area contributed by atoms with E-state index in [9.17, 15) is 31.1 Å². The molecule has 0 unspecified atom stereocenters. The van der Waals surface area contributed by atoms with E-state index < -0.39 is 35.9 Å². The Balaban J connectivity index is 1.76. The van der Waals surface area contributed by atoms with E-state index in [2.05, 4.69) is 5.10 Å². The van der Waals surface area contributed by atoms with Gasteiger partial charge in [-0.2, -0.15) is 31.4 Å². The zero-order valence-corrected chi connectivity index (χ0v) is 18.5. The van der Waals surface area contributed by atoms with E-state index in [4.69, 9.17) is 9.47 Å². The van der Waals surface area contributed by atoms with E-state index in [1.165, 1.54) is 10.7 Å². The van der Waals surface area contributed by atoms with Crippen molar-refractivity contribution in [2.45, 2.75) is 32.4 Å². The van der Waals surface area contributed by atoms with Crippen LogP contribution in [0.4, 0.5) is 26.3 Å². The van der Waals surface area contributed by atoms with Gasteiger partial charge in [0.2, 0.25) is 6.79 Å². The molecule has 1 aliphatic rings. The van der Waals surface area contributed by atoms with Gasteiger partial charge >= 0.3 is 12.4 Å². The Morgan fingerprint density at radius 3 is 2.23 bits per heavy atom. The van der Waals surface area contributed by atoms with Crippen molar-refractivity contribution in [3.63, 3.8) is 0 Å². The van der Waals surface area contributed by atoms with E-state index in [1.54, 1.807) is 32.2 Å². The van der Waals surface area contributed by atoms with Gasteiger partial charge in [0, 0.05) is 24.8 Å². The van der Waals surface area contributed by atoms with Crippen LogP contribution in [-0.2, 0) is 32.5 Å². The number of para-hydroxylation sites is 1. The van der Waals surface area contributed by atoms with Crippen molar-refractivity contribution in [1.82, 2.24) is 14.7 Å². The predicted octanol–water partition coefficient (Wildman–Crippen LogP) is 5.34. The van der Waals surface area contributed by atoms with Gasteiger partial charge in [-0.3, -0.25) is 9.48 Å². The zero-order chi connectivity index (χ0) is 25.5. The highest BCUT2D eigenvalue weighted by Gasteiger charge is 2.37. The zero-order valence-electron chi connectivity index (χ0n) is 18.5. The van der Waals surface area contributed by atoms with Gasteiger partial charge in [0.05, 0.1) is 17.7 Å². The van der Waals surface area contributed by atoms with Crippen LogP contribution in [0.1, 0.15) is 38.4 Å². The van der Waals surface area contributed by atoms with Gasteiger partial charge in [-0.25, -0.2) is 0 Å². The first-order valence-corrected chi connectivity index (χ1v) is 10.3. The molecule has 0 aliphatic carbocycles. The van der Waals surface area contributed by atoms with Gasteiger partial charge in [-0.15, -0.1) is 0 Å². The average molecular weight is 499 g/mol. The normalized spacial score (nSPS) is 13.3. The lowest BCUT2D eigenvalue weighted by molar-refractivity contribution is -0.143. The number of benzene rings is 2. The summed E-state index contributed by atoms with van der Waals surface area (Å²) in [7, 11) is 1.61. The maximum Gasteiger partial charge on any atom is 0.416 e. The van der Waals surface area contributed by atoms with Crippen molar-refractivity contribution in [1.29, 1.82) is 0 Å². The molecular weight excluding hydrogens is 480 g/mol. The van der Waals surface area contributed by atoms with Crippen LogP contribution in [0.2, 0.25) is 0 Å². The van der Waals surface area contributed by atoms with Crippen molar-refractivity contribution in [3.05, 3.63) is 76.1 Å².